The molecule has 0 aliphatic rings. The standard InChI is InChI=1S/C16H29BrN2S/c1-7-16(5,11-18-15(2,3)4)12-19(6)9-14-8-13(17)10-20-14/h8,10,18H,7,9,11-12H2,1-6H3. The van der Waals surface area contributed by atoms with Gasteiger partial charge in [0.15, 0.2) is 0 Å². The Morgan fingerprint density at radius 1 is 1.30 bits per heavy atom. The van der Waals surface area contributed by atoms with E-state index in [1.54, 1.807) is 0 Å². The van der Waals surface area contributed by atoms with Gasteiger partial charge < -0.3 is 10.2 Å². The third-order valence-electron chi connectivity index (χ3n) is 3.60. The minimum Gasteiger partial charge on any atom is -0.311 e. The summed E-state index contributed by atoms with van der Waals surface area (Å²) < 4.78 is 1.19. The van der Waals surface area contributed by atoms with E-state index in [2.05, 4.69) is 79.3 Å². The highest BCUT2D eigenvalue weighted by Gasteiger charge is 2.26. The van der Waals surface area contributed by atoms with Crippen molar-refractivity contribution in [3.63, 3.8) is 0 Å². The van der Waals surface area contributed by atoms with Crippen molar-refractivity contribution in [3.05, 3.63) is 20.8 Å². The maximum Gasteiger partial charge on any atom is 0.0325 e. The lowest BCUT2D eigenvalue weighted by Crippen LogP contribution is -2.46. The Hall–Kier alpha value is 0.1000. The second-order valence-electron chi connectivity index (χ2n) is 7.17. The number of nitrogens with zero attached hydrogens (tertiary/aromatic N) is 1. The van der Waals surface area contributed by atoms with Gasteiger partial charge in [-0.1, -0.05) is 13.8 Å². The summed E-state index contributed by atoms with van der Waals surface area (Å²) in [5, 5.41) is 5.81. The molecule has 0 radical (unpaired) electrons. The summed E-state index contributed by atoms with van der Waals surface area (Å²) in [4.78, 5) is 3.85. The third-order valence-corrected chi connectivity index (χ3v) is 5.28. The number of thiophene rings is 1. The van der Waals surface area contributed by atoms with Crippen LogP contribution in [0.2, 0.25) is 0 Å². The fraction of sp³-hybridized carbons (Fsp3) is 0.750. The zero-order chi connectivity index (χ0) is 15.4. The van der Waals surface area contributed by atoms with Crippen molar-refractivity contribution in [2.75, 3.05) is 20.1 Å². The third kappa shape index (κ3) is 6.70. The van der Waals surface area contributed by atoms with Crippen LogP contribution in [0.15, 0.2) is 15.9 Å². The fourth-order valence-electron chi connectivity index (χ4n) is 2.18. The molecule has 0 bridgehead atoms. The SMILES string of the molecule is CCC(C)(CNC(C)(C)C)CN(C)Cc1cc(Br)cs1. The van der Waals surface area contributed by atoms with E-state index < -0.39 is 0 Å². The van der Waals surface area contributed by atoms with E-state index in [-0.39, 0.29) is 5.54 Å². The molecule has 20 heavy (non-hydrogen) atoms. The number of halogens is 1. The Morgan fingerprint density at radius 2 is 1.95 bits per heavy atom. The summed E-state index contributed by atoms with van der Waals surface area (Å²) in [6.07, 6.45) is 1.19. The van der Waals surface area contributed by atoms with Gasteiger partial charge in [-0.25, -0.2) is 0 Å². The monoisotopic (exact) mass is 360 g/mol. The average Bonchev–Trinajstić information content (AvgIpc) is 2.71. The first kappa shape index (κ1) is 18.1. The van der Waals surface area contributed by atoms with Crippen molar-refractivity contribution in [2.45, 2.75) is 53.1 Å². The summed E-state index contributed by atoms with van der Waals surface area (Å²) in [5.74, 6) is 0. The van der Waals surface area contributed by atoms with Gasteiger partial charge >= 0.3 is 0 Å². The molecule has 1 atom stereocenters. The minimum atomic E-state index is 0.188. The van der Waals surface area contributed by atoms with Crippen LogP contribution in [0.5, 0.6) is 0 Å². The summed E-state index contributed by atoms with van der Waals surface area (Å²) in [7, 11) is 2.22. The Bertz CT molecular complexity index is 411. The van der Waals surface area contributed by atoms with Crippen LogP contribution < -0.4 is 5.32 Å². The summed E-state index contributed by atoms with van der Waals surface area (Å²) in [6.45, 7) is 14.6. The van der Waals surface area contributed by atoms with Crippen LogP contribution in [0.4, 0.5) is 0 Å². The smallest absolute Gasteiger partial charge is 0.0325 e. The van der Waals surface area contributed by atoms with E-state index >= 15 is 0 Å². The Kier molecular flexibility index (Phi) is 6.71. The zero-order valence-corrected chi connectivity index (χ0v) is 16.1. The lowest BCUT2D eigenvalue weighted by Gasteiger charge is -2.36. The summed E-state index contributed by atoms with van der Waals surface area (Å²) in [6, 6.07) is 2.22. The van der Waals surface area contributed by atoms with Crippen molar-refractivity contribution in [1.82, 2.24) is 10.2 Å². The molecule has 1 aromatic heterocycles. The first-order valence-electron chi connectivity index (χ1n) is 7.30. The molecule has 4 heteroatoms. The highest BCUT2D eigenvalue weighted by Crippen LogP contribution is 2.25. The Labute approximate surface area is 137 Å². The van der Waals surface area contributed by atoms with Crippen LogP contribution in [0.1, 0.15) is 45.9 Å². The number of rotatable bonds is 7. The molecule has 0 amide bonds. The van der Waals surface area contributed by atoms with Crippen LogP contribution in [-0.2, 0) is 6.54 Å². The Balaban J connectivity index is 2.53. The zero-order valence-electron chi connectivity index (χ0n) is 13.7. The summed E-state index contributed by atoms with van der Waals surface area (Å²) >= 11 is 5.35. The van der Waals surface area contributed by atoms with Gasteiger partial charge in [0.25, 0.3) is 0 Å². The molecule has 0 saturated heterocycles. The lowest BCUT2D eigenvalue weighted by atomic mass is 9.86. The molecule has 0 fully saturated rings. The van der Waals surface area contributed by atoms with Crippen LogP contribution in [-0.4, -0.2) is 30.6 Å². The largest absolute Gasteiger partial charge is 0.311 e. The van der Waals surface area contributed by atoms with Crippen molar-refractivity contribution in [2.24, 2.45) is 5.41 Å². The average molecular weight is 361 g/mol. The van der Waals surface area contributed by atoms with Gasteiger partial charge in [0, 0.05) is 39.9 Å². The van der Waals surface area contributed by atoms with Crippen molar-refractivity contribution >= 4 is 27.3 Å². The van der Waals surface area contributed by atoms with Gasteiger partial charge in [-0.15, -0.1) is 11.3 Å². The number of nitrogens with one attached hydrogen (secondary N) is 1. The Morgan fingerprint density at radius 3 is 2.40 bits per heavy atom. The van der Waals surface area contributed by atoms with Gasteiger partial charge in [-0.2, -0.15) is 0 Å². The van der Waals surface area contributed by atoms with Crippen LogP contribution in [0, 0.1) is 5.41 Å². The first-order chi connectivity index (χ1) is 9.13. The maximum atomic E-state index is 3.66. The van der Waals surface area contributed by atoms with Crippen molar-refractivity contribution in [3.8, 4) is 0 Å². The molecule has 0 saturated carbocycles. The first-order valence-corrected chi connectivity index (χ1v) is 8.97. The topological polar surface area (TPSA) is 15.3 Å². The predicted molar refractivity (Wildman–Crippen MR) is 94.5 cm³/mol. The number of hydrogen-bond donors (Lipinski definition) is 1. The molecule has 0 aliphatic carbocycles. The van der Waals surface area contributed by atoms with Gasteiger partial charge in [0.1, 0.15) is 0 Å². The van der Waals surface area contributed by atoms with E-state index in [4.69, 9.17) is 0 Å². The maximum absolute atomic E-state index is 3.66. The van der Waals surface area contributed by atoms with Gasteiger partial charge in [0.2, 0.25) is 0 Å². The molecule has 2 nitrogen and oxygen atoms in total. The van der Waals surface area contributed by atoms with Gasteiger partial charge in [-0.05, 0) is 61.7 Å². The lowest BCUT2D eigenvalue weighted by molar-refractivity contribution is 0.164. The van der Waals surface area contributed by atoms with Crippen LogP contribution in [0.25, 0.3) is 0 Å². The van der Waals surface area contributed by atoms with E-state index in [9.17, 15) is 0 Å². The molecule has 0 spiro atoms. The van der Waals surface area contributed by atoms with Crippen LogP contribution in [0.3, 0.4) is 0 Å². The number of hydrogen-bond acceptors (Lipinski definition) is 3. The molecule has 1 heterocycles. The van der Waals surface area contributed by atoms with E-state index in [1.807, 2.05) is 11.3 Å². The fourth-order valence-corrected chi connectivity index (χ4v) is 3.71. The molecule has 1 rings (SSSR count). The molecule has 1 N–H and O–H groups in total. The summed E-state index contributed by atoms with van der Waals surface area (Å²) in [5.41, 5.74) is 0.504. The minimum absolute atomic E-state index is 0.188. The quantitative estimate of drug-likeness (QED) is 0.754. The predicted octanol–water partition coefficient (Wildman–Crippen LogP) is 4.75. The molecule has 0 aliphatic heterocycles. The molecule has 116 valence electrons. The highest BCUT2D eigenvalue weighted by molar-refractivity contribution is 9.10. The highest BCUT2D eigenvalue weighted by atomic mass is 79.9. The van der Waals surface area contributed by atoms with E-state index in [0.717, 1.165) is 19.6 Å². The second-order valence-corrected chi connectivity index (χ2v) is 9.08. The molecular weight excluding hydrogens is 332 g/mol. The van der Waals surface area contributed by atoms with Crippen LogP contribution >= 0.6 is 27.3 Å². The second kappa shape index (κ2) is 7.39. The van der Waals surface area contributed by atoms with E-state index in [0.29, 0.717) is 5.41 Å². The van der Waals surface area contributed by atoms with Crippen molar-refractivity contribution in [1.29, 1.82) is 0 Å². The normalized spacial score (nSPS) is 15.6. The van der Waals surface area contributed by atoms with Gasteiger partial charge in [-0.3, -0.25) is 0 Å². The van der Waals surface area contributed by atoms with E-state index in [1.165, 1.54) is 15.8 Å². The molecule has 1 aromatic rings. The molecular formula is C16H29BrN2S. The molecule has 0 aromatic carbocycles. The van der Waals surface area contributed by atoms with Gasteiger partial charge in [0.05, 0.1) is 0 Å². The molecule has 1 unspecified atom stereocenters. The van der Waals surface area contributed by atoms with Crippen molar-refractivity contribution < 1.29 is 0 Å².